The second kappa shape index (κ2) is 3.66. The van der Waals surface area contributed by atoms with E-state index in [0.717, 1.165) is 0 Å². The fourth-order valence-corrected chi connectivity index (χ4v) is 1.42. The number of hydrogen-bond acceptors (Lipinski definition) is 3. The van der Waals surface area contributed by atoms with E-state index in [-0.39, 0.29) is 11.5 Å². The van der Waals surface area contributed by atoms with E-state index in [0.29, 0.717) is 5.69 Å². The largest absolute Gasteiger partial charge is 0.508 e. The van der Waals surface area contributed by atoms with Crippen LogP contribution in [0.4, 0.5) is 5.69 Å². The van der Waals surface area contributed by atoms with Crippen molar-refractivity contribution in [2.24, 2.45) is 0 Å². The lowest BCUT2D eigenvalue weighted by Crippen LogP contribution is -2.14. The minimum atomic E-state index is -3.22. The molecule has 0 bridgehead atoms. The summed E-state index contributed by atoms with van der Waals surface area (Å²) in [6, 6.07) is 5.85. The number of anilines is 1. The van der Waals surface area contributed by atoms with Crippen LogP contribution in [0.5, 0.6) is 5.75 Å². The Morgan fingerprint density at radius 3 is 2.31 bits per heavy atom. The Hall–Kier alpha value is -1.23. The van der Waals surface area contributed by atoms with E-state index >= 15 is 0 Å². The van der Waals surface area contributed by atoms with Gasteiger partial charge in [-0.25, -0.2) is 8.42 Å². The van der Waals surface area contributed by atoms with Gasteiger partial charge >= 0.3 is 0 Å². The maximum absolute atomic E-state index is 11.1. The molecule has 0 fully saturated rings. The first kappa shape index (κ1) is 9.85. The van der Waals surface area contributed by atoms with Crippen molar-refractivity contribution < 1.29 is 13.5 Å². The standard InChI is InChI=1S/C8H11NO3S/c1-2-13(11,12)9-7-3-5-8(10)6-4-7/h3-6,9-10H,2H2,1H3. The smallest absolute Gasteiger partial charge is 0.232 e. The van der Waals surface area contributed by atoms with E-state index in [4.69, 9.17) is 5.11 Å². The summed E-state index contributed by atoms with van der Waals surface area (Å²) < 4.78 is 24.5. The fourth-order valence-electron chi connectivity index (χ4n) is 0.781. The Bertz CT molecular complexity index is 369. The van der Waals surface area contributed by atoms with Gasteiger partial charge in [-0.2, -0.15) is 0 Å². The molecule has 4 nitrogen and oxygen atoms in total. The van der Waals surface area contributed by atoms with E-state index in [1.807, 2.05) is 0 Å². The molecule has 0 saturated carbocycles. The average Bonchev–Trinajstić information content (AvgIpc) is 2.09. The van der Waals surface area contributed by atoms with Crippen LogP contribution >= 0.6 is 0 Å². The summed E-state index contributed by atoms with van der Waals surface area (Å²) in [5.74, 6) is 0.146. The van der Waals surface area contributed by atoms with Crippen LogP contribution in [0.3, 0.4) is 0 Å². The molecule has 13 heavy (non-hydrogen) atoms. The highest BCUT2D eigenvalue weighted by Crippen LogP contribution is 2.14. The summed E-state index contributed by atoms with van der Waals surface area (Å²) in [5.41, 5.74) is 0.458. The molecule has 0 heterocycles. The molecule has 0 saturated heterocycles. The highest BCUT2D eigenvalue weighted by molar-refractivity contribution is 7.92. The van der Waals surface area contributed by atoms with Gasteiger partial charge in [0.25, 0.3) is 0 Å². The minimum Gasteiger partial charge on any atom is -0.508 e. The van der Waals surface area contributed by atoms with Crippen molar-refractivity contribution >= 4 is 15.7 Å². The lowest BCUT2D eigenvalue weighted by molar-refractivity contribution is 0.475. The molecule has 1 aromatic rings. The molecule has 0 aliphatic carbocycles. The first-order chi connectivity index (χ1) is 6.03. The average molecular weight is 201 g/mol. The van der Waals surface area contributed by atoms with Gasteiger partial charge in [0.1, 0.15) is 5.75 Å². The predicted molar refractivity (Wildman–Crippen MR) is 51.2 cm³/mol. The van der Waals surface area contributed by atoms with Gasteiger partial charge in [0, 0.05) is 5.69 Å². The zero-order valence-corrected chi connectivity index (χ0v) is 8.00. The first-order valence-corrected chi connectivity index (χ1v) is 5.48. The molecule has 0 aliphatic rings. The van der Waals surface area contributed by atoms with Gasteiger partial charge in [0.2, 0.25) is 10.0 Å². The van der Waals surface area contributed by atoms with Gasteiger partial charge in [-0.15, -0.1) is 0 Å². The third-order valence-electron chi connectivity index (χ3n) is 1.52. The summed E-state index contributed by atoms with van der Waals surface area (Å²) in [7, 11) is -3.22. The van der Waals surface area contributed by atoms with Crippen molar-refractivity contribution in [2.75, 3.05) is 10.5 Å². The van der Waals surface area contributed by atoms with Crippen LogP contribution < -0.4 is 4.72 Å². The fraction of sp³-hybridized carbons (Fsp3) is 0.250. The van der Waals surface area contributed by atoms with Crippen molar-refractivity contribution in [3.63, 3.8) is 0 Å². The predicted octanol–water partition coefficient (Wildman–Crippen LogP) is 1.15. The molecule has 0 aliphatic heterocycles. The number of aromatic hydroxyl groups is 1. The lowest BCUT2D eigenvalue weighted by Gasteiger charge is -2.04. The molecule has 1 aromatic carbocycles. The highest BCUT2D eigenvalue weighted by atomic mass is 32.2. The second-order valence-corrected chi connectivity index (χ2v) is 4.56. The number of rotatable bonds is 3. The maximum atomic E-state index is 11.1. The van der Waals surface area contributed by atoms with Crippen molar-refractivity contribution in [3.8, 4) is 5.75 Å². The lowest BCUT2D eigenvalue weighted by atomic mass is 10.3. The molecular weight excluding hydrogens is 190 g/mol. The van der Waals surface area contributed by atoms with Gasteiger partial charge in [-0.05, 0) is 31.2 Å². The Morgan fingerprint density at radius 1 is 1.31 bits per heavy atom. The molecule has 0 unspecified atom stereocenters. The molecule has 0 spiro atoms. The SMILES string of the molecule is CCS(=O)(=O)Nc1ccc(O)cc1. The van der Waals surface area contributed by atoms with Crippen molar-refractivity contribution in [2.45, 2.75) is 6.92 Å². The number of sulfonamides is 1. The Morgan fingerprint density at radius 2 is 1.85 bits per heavy atom. The van der Waals surface area contributed by atoms with Crippen LogP contribution in [0.2, 0.25) is 0 Å². The summed E-state index contributed by atoms with van der Waals surface area (Å²) >= 11 is 0. The quantitative estimate of drug-likeness (QED) is 0.721. The van der Waals surface area contributed by atoms with E-state index in [1.54, 1.807) is 6.92 Å². The van der Waals surface area contributed by atoms with Crippen molar-refractivity contribution in [3.05, 3.63) is 24.3 Å². The molecule has 2 N–H and O–H groups in total. The highest BCUT2D eigenvalue weighted by Gasteiger charge is 2.05. The third-order valence-corrected chi connectivity index (χ3v) is 2.83. The van der Waals surface area contributed by atoms with Gasteiger partial charge in [0.05, 0.1) is 5.75 Å². The van der Waals surface area contributed by atoms with Crippen molar-refractivity contribution in [1.29, 1.82) is 0 Å². The van der Waals surface area contributed by atoms with Crippen LogP contribution in [0.15, 0.2) is 24.3 Å². The van der Waals surface area contributed by atoms with E-state index < -0.39 is 10.0 Å². The zero-order chi connectivity index (χ0) is 9.90. The third kappa shape index (κ3) is 2.95. The van der Waals surface area contributed by atoms with Crippen LogP contribution in [0.1, 0.15) is 6.92 Å². The number of hydrogen-bond donors (Lipinski definition) is 2. The zero-order valence-electron chi connectivity index (χ0n) is 7.19. The van der Waals surface area contributed by atoms with Gasteiger partial charge in [-0.1, -0.05) is 0 Å². The molecule has 1 rings (SSSR count). The topological polar surface area (TPSA) is 66.4 Å². The van der Waals surface area contributed by atoms with Crippen LogP contribution in [0, 0.1) is 0 Å². The monoisotopic (exact) mass is 201 g/mol. The normalized spacial score (nSPS) is 11.2. The summed E-state index contributed by atoms with van der Waals surface area (Å²) in [6.45, 7) is 1.56. The number of nitrogens with one attached hydrogen (secondary N) is 1. The van der Waals surface area contributed by atoms with Crippen LogP contribution in [0.25, 0.3) is 0 Å². The molecule has 5 heteroatoms. The van der Waals surface area contributed by atoms with E-state index in [1.165, 1.54) is 24.3 Å². The van der Waals surface area contributed by atoms with E-state index in [9.17, 15) is 8.42 Å². The molecule has 72 valence electrons. The second-order valence-electron chi connectivity index (χ2n) is 2.55. The number of phenols is 1. The molecule has 0 amide bonds. The molecule has 0 aromatic heterocycles. The number of phenolic OH excluding ortho intramolecular Hbond substituents is 1. The Kier molecular flexibility index (Phi) is 2.77. The number of benzene rings is 1. The first-order valence-electron chi connectivity index (χ1n) is 3.83. The van der Waals surface area contributed by atoms with Gasteiger partial charge in [-0.3, -0.25) is 4.72 Å². The minimum absolute atomic E-state index is 0.0356. The van der Waals surface area contributed by atoms with Gasteiger partial charge in [0.15, 0.2) is 0 Å². The molecule has 0 atom stereocenters. The molecule has 0 radical (unpaired) electrons. The summed E-state index contributed by atoms with van der Waals surface area (Å²) in [4.78, 5) is 0. The van der Waals surface area contributed by atoms with Crippen LogP contribution in [-0.4, -0.2) is 19.3 Å². The maximum Gasteiger partial charge on any atom is 0.232 e. The van der Waals surface area contributed by atoms with Crippen molar-refractivity contribution in [1.82, 2.24) is 0 Å². The summed E-state index contributed by atoms with van der Waals surface area (Å²) in [5, 5.41) is 8.93. The van der Waals surface area contributed by atoms with Gasteiger partial charge < -0.3 is 5.11 Å². The molecular formula is C8H11NO3S. The summed E-state index contributed by atoms with van der Waals surface area (Å²) in [6.07, 6.45) is 0. The van der Waals surface area contributed by atoms with Crippen LogP contribution in [-0.2, 0) is 10.0 Å². The van der Waals surface area contributed by atoms with E-state index in [2.05, 4.69) is 4.72 Å². The Balaban J connectivity index is 2.82. The Labute approximate surface area is 77.3 Å².